The number of carbonyl (C=O) groups excluding carboxylic acids is 1. The van der Waals surface area contributed by atoms with Gasteiger partial charge in [0.2, 0.25) is 5.95 Å². The van der Waals surface area contributed by atoms with E-state index < -0.39 is 0 Å². The number of rotatable bonds is 5. The van der Waals surface area contributed by atoms with E-state index in [1.165, 1.54) is 12.1 Å². The lowest BCUT2D eigenvalue weighted by Gasteiger charge is -2.13. The van der Waals surface area contributed by atoms with Crippen LogP contribution in [0, 0.1) is 19.7 Å². The number of anilines is 1. The molecule has 3 aromatic carbocycles. The highest BCUT2D eigenvalue weighted by atomic mass is 19.1. The number of aryl methyl sites for hydroxylation is 2. The van der Waals surface area contributed by atoms with E-state index in [4.69, 9.17) is 4.98 Å². The number of nitrogens with zero attached hydrogens (tertiary/aromatic N) is 4. The molecule has 1 N–H and O–H groups in total. The maximum atomic E-state index is 13.4. The smallest absolute Gasteiger partial charge is 0.257 e. The Kier molecular flexibility index (Phi) is 5.22. The van der Waals surface area contributed by atoms with Gasteiger partial charge < -0.3 is 9.88 Å². The second-order valence-electron chi connectivity index (χ2n) is 7.96. The summed E-state index contributed by atoms with van der Waals surface area (Å²) in [5, 5.41) is 7.61. The van der Waals surface area contributed by atoms with Crippen LogP contribution in [0.4, 0.5) is 10.2 Å². The van der Waals surface area contributed by atoms with E-state index in [9.17, 15) is 9.18 Å². The number of nitrogens with one attached hydrogen (secondary N) is 1. The zero-order valence-corrected chi connectivity index (χ0v) is 18.3. The zero-order chi connectivity index (χ0) is 22.9. The van der Waals surface area contributed by atoms with Gasteiger partial charge in [0, 0.05) is 11.6 Å². The zero-order valence-electron chi connectivity index (χ0n) is 18.3. The minimum absolute atomic E-state index is 0.213. The first-order valence-electron chi connectivity index (χ1n) is 10.6. The summed E-state index contributed by atoms with van der Waals surface area (Å²) in [5.74, 6) is 0.596. The molecule has 0 spiro atoms. The first kappa shape index (κ1) is 20.6. The molecule has 6 nitrogen and oxygen atoms in total. The van der Waals surface area contributed by atoms with Gasteiger partial charge in [-0.25, -0.2) is 9.37 Å². The molecule has 0 aliphatic carbocycles. The van der Waals surface area contributed by atoms with Gasteiger partial charge in [0.15, 0.2) is 0 Å². The number of halogens is 1. The third kappa shape index (κ3) is 4.01. The van der Waals surface area contributed by atoms with Crippen LogP contribution in [0.15, 0.2) is 78.9 Å². The van der Waals surface area contributed by atoms with Crippen LogP contribution in [0.1, 0.15) is 27.2 Å². The van der Waals surface area contributed by atoms with Gasteiger partial charge in [0.1, 0.15) is 11.6 Å². The van der Waals surface area contributed by atoms with E-state index >= 15 is 0 Å². The minimum atomic E-state index is -0.279. The van der Waals surface area contributed by atoms with Crippen LogP contribution in [-0.2, 0) is 6.54 Å². The Morgan fingerprint density at radius 1 is 0.970 bits per heavy atom. The Morgan fingerprint density at radius 3 is 2.48 bits per heavy atom. The molecular weight excluding hydrogens is 417 g/mol. The lowest BCUT2D eigenvalue weighted by molar-refractivity contribution is 0.102. The Morgan fingerprint density at radius 2 is 1.70 bits per heavy atom. The Hall–Kier alpha value is -4.26. The molecule has 5 rings (SSSR count). The first-order valence-corrected chi connectivity index (χ1v) is 10.6. The summed E-state index contributed by atoms with van der Waals surface area (Å²) < 4.78 is 17.1. The number of hydrogen-bond acceptors (Lipinski definition) is 3. The van der Waals surface area contributed by atoms with Crippen LogP contribution < -0.4 is 5.32 Å². The molecule has 0 bridgehead atoms. The Labute approximate surface area is 190 Å². The maximum Gasteiger partial charge on any atom is 0.257 e. The van der Waals surface area contributed by atoms with E-state index in [0.29, 0.717) is 23.9 Å². The summed E-state index contributed by atoms with van der Waals surface area (Å²) >= 11 is 0. The topological polar surface area (TPSA) is 64.7 Å². The van der Waals surface area contributed by atoms with Crippen molar-refractivity contribution in [2.75, 3.05) is 5.32 Å². The Bertz CT molecular complexity index is 1470. The van der Waals surface area contributed by atoms with Crippen LogP contribution in [0.25, 0.3) is 17.0 Å². The van der Waals surface area contributed by atoms with Gasteiger partial charge >= 0.3 is 0 Å². The van der Waals surface area contributed by atoms with E-state index in [0.717, 1.165) is 27.9 Å². The average molecular weight is 439 g/mol. The molecule has 2 aromatic heterocycles. The highest BCUT2D eigenvalue weighted by Crippen LogP contribution is 2.24. The number of benzene rings is 3. The van der Waals surface area contributed by atoms with Crippen molar-refractivity contribution in [2.24, 2.45) is 0 Å². The summed E-state index contributed by atoms with van der Waals surface area (Å²) in [5.41, 5.74) is 4.88. The fourth-order valence-corrected chi connectivity index (χ4v) is 3.91. The van der Waals surface area contributed by atoms with Crippen LogP contribution >= 0.6 is 0 Å². The summed E-state index contributed by atoms with van der Waals surface area (Å²) in [6, 6.07) is 23.4. The number of fused-ring (bicyclic) bond motifs is 1. The SMILES string of the molecule is Cc1cc(NC(=O)c2ccccc2C)n(-c2nc3ccccc3n2Cc2ccc(F)cc2)n1. The molecule has 7 heteroatoms. The maximum absolute atomic E-state index is 13.4. The molecule has 5 aromatic rings. The number of imidazole rings is 1. The molecule has 33 heavy (non-hydrogen) atoms. The van der Waals surface area contributed by atoms with Gasteiger partial charge in [-0.1, -0.05) is 42.5 Å². The fourth-order valence-electron chi connectivity index (χ4n) is 3.91. The summed E-state index contributed by atoms with van der Waals surface area (Å²) in [6.07, 6.45) is 0. The molecule has 0 aliphatic heterocycles. The van der Waals surface area contributed by atoms with Crippen LogP contribution in [-0.4, -0.2) is 25.2 Å². The second-order valence-corrected chi connectivity index (χ2v) is 7.96. The van der Waals surface area contributed by atoms with E-state index in [2.05, 4.69) is 10.4 Å². The monoisotopic (exact) mass is 439 g/mol. The number of aromatic nitrogens is 4. The van der Waals surface area contributed by atoms with E-state index in [1.54, 1.807) is 22.9 Å². The van der Waals surface area contributed by atoms with Crippen molar-refractivity contribution in [3.05, 3.63) is 107 Å². The van der Waals surface area contributed by atoms with Crippen molar-refractivity contribution in [3.8, 4) is 5.95 Å². The van der Waals surface area contributed by atoms with Gasteiger partial charge in [0.05, 0.1) is 23.3 Å². The van der Waals surface area contributed by atoms with Crippen molar-refractivity contribution < 1.29 is 9.18 Å². The molecule has 0 unspecified atom stereocenters. The highest BCUT2D eigenvalue weighted by molar-refractivity contribution is 6.05. The molecule has 1 amide bonds. The van der Waals surface area contributed by atoms with Gasteiger partial charge in [-0.15, -0.1) is 0 Å². The lowest BCUT2D eigenvalue weighted by atomic mass is 10.1. The number of amides is 1. The van der Waals surface area contributed by atoms with Gasteiger partial charge in [-0.3, -0.25) is 4.79 Å². The molecule has 0 saturated heterocycles. The third-order valence-corrected chi connectivity index (χ3v) is 5.54. The predicted octanol–water partition coefficient (Wildman–Crippen LogP) is 5.28. The van der Waals surface area contributed by atoms with Crippen LogP contribution in [0.5, 0.6) is 0 Å². The molecule has 164 valence electrons. The molecule has 0 radical (unpaired) electrons. The summed E-state index contributed by atoms with van der Waals surface area (Å²) in [6.45, 7) is 4.24. The largest absolute Gasteiger partial charge is 0.306 e. The van der Waals surface area contributed by atoms with Gasteiger partial charge in [-0.2, -0.15) is 9.78 Å². The minimum Gasteiger partial charge on any atom is -0.306 e. The van der Waals surface area contributed by atoms with Crippen molar-refractivity contribution in [1.29, 1.82) is 0 Å². The van der Waals surface area contributed by atoms with Crippen molar-refractivity contribution in [3.63, 3.8) is 0 Å². The van der Waals surface area contributed by atoms with Gasteiger partial charge in [-0.05, 0) is 55.3 Å². The number of para-hydroxylation sites is 2. The quantitative estimate of drug-likeness (QED) is 0.405. The van der Waals surface area contributed by atoms with Crippen molar-refractivity contribution in [2.45, 2.75) is 20.4 Å². The van der Waals surface area contributed by atoms with Crippen molar-refractivity contribution >= 4 is 22.8 Å². The van der Waals surface area contributed by atoms with Crippen LogP contribution in [0.3, 0.4) is 0 Å². The lowest BCUT2D eigenvalue weighted by Crippen LogP contribution is -2.18. The predicted molar refractivity (Wildman–Crippen MR) is 126 cm³/mol. The summed E-state index contributed by atoms with van der Waals surface area (Å²) in [7, 11) is 0. The normalized spacial score (nSPS) is 11.1. The van der Waals surface area contributed by atoms with Crippen LogP contribution in [0.2, 0.25) is 0 Å². The third-order valence-electron chi connectivity index (χ3n) is 5.54. The fraction of sp³-hybridized carbons (Fsp3) is 0.115. The highest BCUT2D eigenvalue weighted by Gasteiger charge is 2.19. The molecule has 0 saturated carbocycles. The molecular formula is C26H22FN5O. The van der Waals surface area contributed by atoms with Gasteiger partial charge in [0.25, 0.3) is 5.91 Å². The molecule has 0 atom stereocenters. The van der Waals surface area contributed by atoms with E-state index in [1.807, 2.05) is 66.9 Å². The van der Waals surface area contributed by atoms with E-state index in [-0.39, 0.29) is 11.7 Å². The van der Waals surface area contributed by atoms with Crippen molar-refractivity contribution in [1.82, 2.24) is 19.3 Å². The number of hydrogen-bond donors (Lipinski definition) is 1. The Balaban J connectivity index is 1.59. The second kappa shape index (κ2) is 8.35. The standard InChI is InChI=1S/C26H22FN5O/c1-17-7-3-4-8-21(17)25(33)29-24-15-18(2)30-32(24)26-28-22-9-5-6-10-23(22)31(26)16-19-11-13-20(27)14-12-19/h3-15H,16H2,1-2H3,(H,29,33). The number of carbonyl (C=O) groups is 1. The summed E-state index contributed by atoms with van der Waals surface area (Å²) in [4.78, 5) is 17.8. The molecule has 2 heterocycles. The molecule has 0 fully saturated rings. The average Bonchev–Trinajstić information content (AvgIpc) is 3.35. The first-order chi connectivity index (χ1) is 16.0. The molecule has 0 aliphatic rings.